The molecule has 0 bridgehead atoms. The maximum Gasteiger partial charge on any atom is 0.106 e. The second-order valence-corrected chi connectivity index (χ2v) is 8.74. The Bertz CT molecular complexity index is 853. The Morgan fingerprint density at radius 1 is 1.28 bits per heavy atom. The van der Waals surface area contributed by atoms with E-state index < -0.39 is 0 Å². The van der Waals surface area contributed by atoms with Gasteiger partial charge in [0.15, 0.2) is 0 Å². The number of aryl methyl sites for hydroxylation is 1. The zero-order valence-corrected chi connectivity index (χ0v) is 18.4. The number of nitrogens with one attached hydrogen (secondary N) is 1. The van der Waals surface area contributed by atoms with Crippen molar-refractivity contribution in [2.45, 2.75) is 65.3 Å². The first-order valence-electron chi connectivity index (χ1n) is 11.3. The topological polar surface area (TPSA) is 36.9 Å². The summed E-state index contributed by atoms with van der Waals surface area (Å²) in [7, 11) is 1.65. The molecule has 0 spiro atoms. The van der Waals surface area contributed by atoms with Gasteiger partial charge in [0.1, 0.15) is 12.8 Å². The van der Waals surface area contributed by atoms with E-state index in [1.54, 1.807) is 7.11 Å². The van der Waals surface area contributed by atoms with E-state index in [9.17, 15) is 0 Å². The largest absolute Gasteiger partial charge is 0.399 e. The minimum atomic E-state index is 0.171. The van der Waals surface area contributed by atoms with Crippen LogP contribution >= 0.6 is 0 Å². The predicted molar refractivity (Wildman–Crippen MR) is 121 cm³/mol. The van der Waals surface area contributed by atoms with Crippen molar-refractivity contribution in [2.24, 2.45) is 10.6 Å². The average molecular weight is 394 g/mol. The highest BCUT2D eigenvalue weighted by atomic mass is 16.6. The number of nitrogens with zero attached hydrogens (tertiary/aromatic N) is 2. The van der Waals surface area contributed by atoms with Gasteiger partial charge in [-0.05, 0) is 62.3 Å². The minimum Gasteiger partial charge on any atom is -0.399 e. The maximum absolute atomic E-state index is 5.23. The molecule has 1 aromatic carbocycles. The molecule has 1 aromatic rings. The van der Waals surface area contributed by atoms with Gasteiger partial charge in [-0.1, -0.05) is 55.8 Å². The molecule has 0 radical (unpaired) electrons. The predicted octanol–water partition coefficient (Wildman–Crippen LogP) is 5.26. The van der Waals surface area contributed by atoms with Crippen LogP contribution < -0.4 is 5.32 Å². The van der Waals surface area contributed by atoms with Crippen LogP contribution in [0.25, 0.3) is 5.57 Å². The second kappa shape index (κ2) is 8.35. The number of piperidine rings is 1. The third-order valence-electron chi connectivity index (χ3n) is 7.07. The molecular weight excluding hydrogens is 358 g/mol. The van der Waals surface area contributed by atoms with Gasteiger partial charge in [-0.2, -0.15) is 0 Å². The maximum atomic E-state index is 5.23. The Morgan fingerprint density at radius 3 is 2.83 bits per heavy atom. The SMILES string of the molecule is CCC/C(=N\OC)C1=C[C@]2(CC)CCCN3CCC(c4ccccc4C)=C(N1)[C@@H]32. The molecule has 4 heteroatoms. The molecule has 2 atom stereocenters. The Morgan fingerprint density at radius 2 is 2.10 bits per heavy atom. The highest BCUT2D eigenvalue weighted by molar-refractivity contribution is 6.00. The van der Waals surface area contributed by atoms with E-state index in [0.29, 0.717) is 6.04 Å². The number of hydrogen-bond donors (Lipinski definition) is 1. The fraction of sp³-hybridized carbons (Fsp3) is 0.560. The van der Waals surface area contributed by atoms with Gasteiger partial charge in [0.25, 0.3) is 0 Å². The summed E-state index contributed by atoms with van der Waals surface area (Å²) in [4.78, 5) is 7.95. The van der Waals surface area contributed by atoms with Crippen LogP contribution in [0.15, 0.2) is 46.9 Å². The van der Waals surface area contributed by atoms with Crippen molar-refractivity contribution < 1.29 is 4.84 Å². The first kappa shape index (κ1) is 20.2. The Kier molecular flexibility index (Phi) is 5.82. The normalized spacial score (nSPS) is 27.2. The van der Waals surface area contributed by atoms with Gasteiger partial charge in [0, 0.05) is 17.7 Å². The van der Waals surface area contributed by atoms with E-state index >= 15 is 0 Å². The molecule has 29 heavy (non-hydrogen) atoms. The van der Waals surface area contributed by atoms with Crippen molar-refractivity contribution in [1.82, 2.24) is 10.2 Å². The number of allylic oxidation sites excluding steroid dienone is 1. The van der Waals surface area contributed by atoms with Crippen LogP contribution in [0.3, 0.4) is 0 Å². The van der Waals surface area contributed by atoms with Crippen molar-refractivity contribution in [2.75, 3.05) is 20.2 Å². The van der Waals surface area contributed by atoms with Crippen LogP contribution in [0.5, 0.6) is 0 Å². The minimum absolute atomic E-state index is 0.171. The van der Waals surface area contributed by atoms with E-state index in [4.69, 9.17) is 4.84 Å². The monoisotopic (exact) mass is 393 g/mol. The average Bonchev–Trinajstić information content (AvgIpc) is 2.74. The van der Waals surface area contributed by atoms with Crippen molar-refractivity contribution in [3.05, 3.63) is 52.9 Å². The summed E-state index contributed by atoms with van der Waals surface area (Å²) in [5, 5.41) is 8.29. The fourth-order valence-electron chi connectivity index (χ4n) is 5.67. The molecule has 1 saturated heterocycles. The lowest BCUT2D eigenvalue weighted by molar-refractivity contribution is 0.0525. The molecule has 0 amide bonds. The number of oxime groups is 1. The molecule has 0 aliphatic carbocycles. The molecule has 1 N–H and O–H groups in total. The number of hydrogen-bond acceptors (Lipinski definition) is 4. The van der Waals surface area contributed by atoms with Gasteiger partial charge >= 0.3 is 0 Å². The van der Waals surface area contributed by atoms with Gasteiger partial charge in [0.05, 0.1) is 11.7 Å². The summed E-state index contributed by atoms with van der Waals surface area (Å²) < 4.78 is 0. The van der Waals surface area contributed by atoms with Crippen molar-refractivity contribution in [1.29, 1.82) is 0 Å². The quantitative estimate of drug-likeness (QED) is 0.529. The fourth-order valence-corrected chi connectivity index (χ4v) is 5.67. The Hall–Kier alpha value is -2.07. The number of rotatable bonds is 6. The summed E-state index contributed by atoms with van der Waals surface area (Å²) in [5.41, 5.74) is 8.03. The third-order valence-corrected chi connectivity index (χ3v) is 7.07. The lowest BCUT2D eigenvalue weighted by atomic mass is 9.65. The lowest BCUT2D eigenvalue weighted by Crippen LogP contribution is -2.59. The third kappa shape index (κ3) is 3.52. The highest BCUT2D eigenvalue weighted by Gasteiger charge is 2.49. The summed E-state index contributed by atoms with van der Waals surface area (Å²) in [5.74, 6) is 0. The lowest BCUT2D eigenvalue weighted by Gasteiger charge is -2.55. The van der Waals surface area contributed by atoms with E-state index in [2.05, 4.69) is 66.5 Å². The van der Waals surface area contributed by atoms with Crippen LogP contribution in [0.2, 0.25) is 0 Å². The van der Waals surface area contributed by atoms with Gasteiger partial charge in [0.2, 0.25) is 0 Å². The van der Waals surface area contributed by atoms with Crippen molar-refractivity contribution in [3.63, 3.8) is 0 Å². The van der Waals surface area contributed by atoms with Crippen LogP contribution in [0.4, 0.5) is 0 Å². The molecule has 156 valence electrons. The first-order valence-corrected chi connectivity index (χ1v) is 11.3. The first-order chi connectivity index (χ1) is 14.1. The van der Waals surface area contributed by atoms with Crippen molar-refractivity contribution >= 4 is 11.3 Å². The summed E-state index contributed by atoms with van der Waals surface area (Å²) in [6.07, 6.45) is 9.24. The molecular formula is C25H35N3O. The van der Waals surface area contributed by atoms with Crippen LogP contribution in [0.1, 0.15) is 63.5 Å². The van der Waals surface area contributed by atoms with Gasteiger partial charge < -0.3 is 10.2 Å². The zero-order valence-electron chi connectivity index (χ0n) is 18.4. The summed E-state index contributed by atoms with van der Waals surface area (Å²) in [6.45, 7) is 9.15. The van der Waals surface area contributed by atoms with Crippen LogP contribution in [0, 0.1) is 12.3 Å². The van der Waals surface area contributed by atoms with Crippen LogP contribution in [-0.4, -0.2) is 36.9 Å². The zero-order chi connectivity index (χ0) is 20.4. The molecule has 1 fully saturated rings. The standard InChI is InChI=1S/C25H35N3O/c1-5-10-21(27-29-4)22-17-25(6-2)14-9-15-28-16-13-20(23(26-22)24(25)28)19-12-8-7-11-18(19)3/h7-8,11-12,17,24,26H,5-6,9-10,13-16H2,1-4H3/b27-21+/t24-,25+/m1/s1. The molecule has 4 nitrogen and oxygen atoms in total. The molecule has 3 aliphatic heterocycles. The van der Waals surface area contributed by atoms with E-state index in [1.807, 2.05) is 0 Å². The van der Waals surface area contributed by atoms with E-state index in [-0.39, 0.29) is 5.41 Å². The second-order valence-electron chi connectivity index (χ2n) is 8.74. The van der Waals surface area contributed by atoms with Gasteiger partial charge in [-0.3, -0.25) is 4.90 Å². The van der Waals surface area contributed by atoms with E-state index in [0.717, 1.165) is 43.6 Å². The molecule has 4 rings (SSSR count). The molecule has 3 heterocycles. The number of benzene rings is 1. The summed E-state index contributed by atoms with van der Waals surface area (Å²) in [6, 6.07) is 9.28. The smallest absolute Gasteiger partial charge is 0.106 e. The Labute approximate surface area is 175 Å². The van der Waals surface area contributed by atoms with Gasteiger partial charge in [-0.15, -0.1) is 0 Å². The molecule has 0 saturated carbocycles. The van der Waals surface area contributed by atoms with E-state index in [1.165, 1.54) is 41.8 Å². The molecule has 0 unspecified atom stereocenters. The van der Waals surface area contributed by atoms with Gasteiger partial charge in [-0.25, -0.2) is 0 Å². The molecule has 3 aliphatic rings. The Balaban J connectivity index is 1.89. The van der Waals surface area contributed by atoms with Crippen molar-refractivity contribution in [3.8, 4) is 0 Å². The highest BCUT2D eigenvalue weighted by Crippen LogP contribution is 2.50. The van der Waals surface area contributed by atoms with Crippen LogP contribution in [-0.2, 0) is 4.84 Å². The molecule has 0 aromatic heterocycles. The summed E-state index contributed by atoms with van der Waals surface area (Å²) >= 11 is 0.